The lowest BCUT2D eigenvalue weighted by molar-refractivity contribution is 0.594. The summed E-state index contributed by atoms with van der Waals surface area (Å²) in [6, 6.07) is 0. The summed E-state index contributed by atoms with van der Waals surface area (Å²) in [6.07, 6.45) is 4.00. The highest BCUT2D eigenvalue weighted by molar-refractivity contribution is 7.92. The van der Waals surface area contributed by atoms with Gasteiger partial charge in [0.05, 0.1) is 5.25 Å². The van der Waals surface area contributed by atoms with Crippen LogP contribution in [-0.2, 0) is 9.84 Å². The van der Waals surface area contributed by atoms with Gasteiger partial charge in [-0.3, -0.25) is 0 Å². The van der Waals surface area contributed by atoms with E-state index in [4.69, 9.17) is 5.73 Å². The average Bonchev–Trinajstić information content (AvgIpc) is 3.24. The molecule has 0 aliphatic heterocycles. The van der Waals surface area contributed by atoms with Gasteiger partial charge in [0.15, 0.2) is 15.7 Å². The third kappa shape index (κ3) is 2.45. The minimum absolute atomic E-state index is 0.182. The molecule has 1 heterocycles. The fourth-order valence-electron chi connectivity index (χ4n) is 2.27. The summed E-state index contributed by atoms with van der Waals surface area (Å²) >= 11 is 1.22. The standard InChI is InChI=1S/C12H19N3O2S2/c1-2-15(7-8-3-4-8)12-10(11(13)14-18-12)19(16,17)9-5-6-9/h8-9H,2-7H2,1H3,(H2,13,14). The Morgan fingerprint density at radius 3 is 2.58 bits per heavy atom. The second-order valence-corrected chi connectivity index (χ2v) is 8.35. The minimum atomic E-state index is -3.27. The zero-order valence-electron chi connectivity index (χ0n) is 11.0. The van der Waals surface area contributed by atoms with E-state index in [1.54, 1.807) is 0 Å². The Hall–Kier alpha value is -0.820. The monoisotopic (exact) mass is 301 g/mol. The molecule has 2 N–H and O–H groups in total. The van der Waals surface area contributed by atoms with Crippen LogP contribution in [0, 0.1) is 5.92 Å². The van der Waals surface area contributed by atoms with Crippen molar-refractivity contribution in [3.05, 3.63) is 0 Å². The fourth-order valence-corrected chi connectivity index (χ4v) is 5.37. The molecule has 0 spiro atoms. The van der Waals surface area contributed by atoms with Crippen molar-refractivity contribution in [1.82, 2.24) is 4.37 Å². The third-order valence-corrected chi connectivity index (χ3v) is 7.12. The molecule has 1 aromatic heterocycles. The number of aromatic nitrogens is 1. The Kier molecular flexibility index (Phi) is 3.21. The van der Waals surface area contributed by atoms with Crippen molar-refractivity contribution < 1.29 is 8.42 Å². The molecule has 2 saturated carbocycles. The quantitative estimate of drug-likeness (QED) is 0.868. The molecule has 2 fully saturated rings. The van der Waals surface area contributed by atoms with Gasteiger partial charge in [-0.15, -0.1) is 0 Å². The molecule has 2 aliphatic carbocycles. The number of rotatable bonds is 6. The summed E-state index contributed by atoms with van der Waals surface area (Å²) < 4.78 is 29.0. The van der Waals surface area contributed by atoms with Crippen molar-refractivity contribution in [3.63, 3.8) is 0 Å². The van der Waals surface area contributed by atoms with Crippen LogP contribution in [0.5, 0.6) is 0 Å². The highest BCUT2D eigenvalue weighted by Gasteiger charge is 2.41. The first-order chi connectivity index (χ1) is 9.04. The highest BCUT2D eigenvalue weighted by atomic mass is 32.2. The van der Waals surface area contributed by atoms with Crippen LogP contribution in [0.1, 0.15) is 32.6 Å². The molecule has 0 radical (unpaired) electrons. The van der Waals surface area contributed by atoms with Crippen LogP contribution in [0.2, 0.25) is 0 Å². The van der Waals surface area contributed by atoms with E-state index in [0.717, 1.165) is 30.9 Å². The molecule has 1 aromatic rings. The van der Waals surface area contributed by atoms with Gasteiger partial charge < -0.3 is 10.6 Å². The van der Waals surface area contributed by atoms with E-state index >= 15 is 0 Å². The minimum Gasteiger partial charge on any atom is -0.382 e. The number of nitrogens with two attached hydrogens (primary N) is 1. The molecule has 0 unspecified atom stereocenters. The van der Waals surface area contributed by atoms with Crippen molar-refractivity contribution in [2.75, 3.05) is 23.7 Å². The van der Waals surface area contributed by atoms with Gasteiger partial charge in [0.2, 0.25) is 0 Å². The number of hydrogen-bond donors (Lipinski definition) is 1. The van der Waals surface area contributed by atoms with Gasteiger partial charge in [-0.05, 0) is 50.1 Å². The summed E-state index contributed by atoms with van der Waals surface area (Å²) in [5.74, 6) is 0.890. The lowest BCUT2D eigenvalue weighted by Crippen LogP contribution is -2.26. The van der Waals surface area contributed by atoms with Crippen molar-refractivity contribution in [2.24, 2.45) is 5.92 Å². The number of nitrogen functional groups attached to an aromatic ring is 1. The largest absolute Gasteiger partial charge is 0.382 e. The Bertz CT molecular complexity index is 574. The predicted octanol–water partition coefficient (Wildman–Crippen LogP) is 1.90. The Balaban J connectivity index is 1.96. The maximum Gasteiger partial charge on any atom is 0.187 e. The molecule has 5 nitrogen and oxygen atoms in total. The fraction of sp³-hybridized carbons (Fsp3) is 0.750. The Labute approximate surface area is 117 Å². The smallest absolute Gasteiger partial charge is 0.187 e. The first-order valence-electron chi connectivity index (χ1n) is 6.78. The van der Waals surface area contributed by atoms with Crippen LogP contribution in [-0.4, -0.2) is 31.1 Å². The van der Waals surface area contributed by atoms with Crippen molar-refractivity contribution in [2.45, 2.75) is 42.8 Å². The Morgan fingerprint density at radius 1 is 1.37 bits per heavy atom. The molecule has 106 valence electrons. The number of anilines is 2. The molecule has 0 aromatic carbocycles. The van der Waals surface area contributed by atoms with Crippen molar-refractivity contribution in [3.8, 4) is 0 Å². The molecule has 0 amide bonds. The maximum atomic E-state index is 12.5. The van der Waals surface area contributed by atoms with Crippen LogP contribution < -0.4 is 10.6 Å². The van der Waals surface area contributed by atoms with E-state index in [2.05, 4.69) is 9.27 Å². The SMILES string of the molecule is CCN(CC1CC1)c1snc(N)c1S(=O)(=O)C1CC1. The van der Waals surface area contributed by atoms with Crippen LogP contribution >= 0.6 is 11.5 Å². The third-order valence-electron chi connectivity index (χ3n) is 3.75. The first-order valence-corrected chi connectivity index (χ1v) is 9.10. The molecule has 0 bridgehead atoms. The molecular weight excluding hydrogens is 282 g/mol. The first kappa shape index (κ1) is 13.2. The number of hydrogen-bond acceptors (Lipinski definition) is 6. The van der Waals surface area contributed by atoms with Gasteiger partial charge in [-0.25, -0.2) is 8.42 Å². The number of nitrogens with zero attached hydrogens (tertiary/aromatic N) is 2. The van der Waals surface area contributed by atoms with Gasteiger partial charge in [-0.1, -0.05) is 0 Å². The molecule has 0 atom stereocenters. The normalized spacial score (nSPS) is 19.6. The van der Waals surface area contributed by atoms with E-state index in [0.29, 0.717) is 10.8 Å². The summed E-state index contributed by atoms with van der Waals surface area (Å²) in [5.41, 5.74) is 5.83. The summed E-state index contributed by atoms with van der Waals surface area (Å²) in [6.45, 7) is 3.77. The van der Waals surface area contributed by atoms with Gasteiger partial charge >= 0.3 is 0 Å². The summed E-state index contributed by atoms with van der Waals surface area (Å²) in [7, 11) is -3.27. The van der Waals surface area contributed by atoms with Gasteiger partial charge in [-0.2, -0.15) is 4.37 Å². The van der Waals surface area contributed by atoms with E-state index in [9.17, 15) is 8.42 Å². The summed E-state index contributed by atoms with van der Waals surface area (Å²) in [4.78, 5) is 2.42. The van der Waals surface area contributed by atoms with Gasteiger partial charge in [0.25, 0.3) is 0 Å². The topological polar surface area (TPSA) is 76.3 Å². The molecule has 3 rings (SSSR count). The van der Waals surface area contributed by atoms with E-state index in [1.165, 1.54) is 24.4 Å². The second-order valence-electron chi connectivity index (χ2n) is 5.43. The zero-order chi connectivity index (χ0) is 13.6. The Morgan fingerprint density at radius 2 is 2.05 bits per heavy atom. The van der Waals surface area contributed by atoms with Crippen LogP contribution in [0.15, 0.2) is 4.90 Å². The average molecular weight is 301 g/mol. The lowest BCUT2D eigenvalue weighted by atomic mass is 10.3. The van der Waals surface area contributed by atoms with Crippen LogP contribution in [0.3, 0.4) is 0 Å². The molecule has 2 aliphatic rings. The van der Waals surface area contributed by atoms with Crippen molar-refractivity contribution in [1.29, 1.82) is 0 Å². The zero-order valence-corrected chi connectivity index (χ0v) is 12.6. The van der Waals surface area contributed by atoms with E-state index < -0.39 is 9.84 Å². The van der Waals surface area contributed by atoms with E-state index in [1.807, 2.05) is 6.92 Å². The molecule has 7 heteroatoms. The lowest BCUT2D eigenvalue weighted by Gasteiger charge is -2.22. The molecule has 0 saturated heterocycles. The van der Waals surface area contributed by atoms with Gasteiger partial charge in [0.1, 0.15) is 9.90 Å². The maximum absolute atomic E-state index is 12.5. The van der Waals surface area contributed by atoms with Crippen LogP contribution in [0.25, 0.3) is 0 Å². The van der Waals surface area contributed by atoms with Crippen molar-refractivity contribution >= 4 is 32.2 Å². The van der Waals surface area contributed by atoms with Gasteiger partial charge in [0, 0.05) is 13.1 Å². The predicted molar refractivity (Wildman–Crippen MR) is 77.3 cm³/mol. The number of sulfone groups is 1. The van der Waals surface area contributed by atoms with E-state index in [-0.39, 0.29) is 11.1 Å². The highest BCUT2D eigenvalue weighted by Crippen LogP contribution is 2.43. The summed E-state index contributed by atoms with van der Waals surface area (Å²) in [5, 5.41) is 0.517. The molecule has 19 heavy (non-hydrogen) atoms. The molecular formula is C12H19N3O2S2. The van der Waals surface area contributed by atoms with Crippen LogP contribution in [0.4, 0.5) is 10.8 Å². The second kappa shape index (κ2) is 4.63.